The van der Waals surface area contributed by atoms with E-state index in [1.54, 1.807) is 36.4 Å². The molecule has 0 aliphatic rings. The molecule has 1 aromatic heterocycles. The van der Waals surface area contributed by atoms with Gasteiger partial charge in [0.15, 0.2) is 17.2 Å². The summed E-state index contributed by atoms with van der Waals surface area (Å²) in [5.74, 6) is -0.484. The van der Waals surface area contributed by atoms with Crippen molar-refractivity contribution in [3.8, 4) is 17.4 Å². The zero-order valence-corrected chi connectivity index (χ0v) is 21.5. The second-order valence-corrected chi connectivity index (χ2v) is 10.2. The topological polar surface area (TPSA) is 134 Å². The molecule has 4 aromatic rings. The second-order valence-electron chi connectivity index (χ2n) is 8.34. The number of ether oxygens (including phenoxy) is 2. The molecule has 0 bridgehead atoms. The van der Waals surface area contributed by atoms with Crippen LogP contribution >= 0.6 is 0 Å². The maximum absolute atomic E-state index is 13.8. The van der Waals surface area contributed by atoms with Gasteiger partial charge in [-0.1, -0.05) is 24.3 Å². The molecule has 37 heavy (non-hydrogen) atoms. The Morgan fingerprint density at radius 1 is 0.973 bits per heavy atom. The van der Waals surface area contributed by atoms with Gasteiger partial charge in [0.2, 0.25) is 5.88 Å². The van der Waals surface area contributed by atoms with E-state index in [0.717, 1.165) is 15.4 Å². The molecule has 0 radical (unpaired) electrons. The van der Waals surface area contributed by atoms with Crippen LogP contribution in [0.4, 0.5) is 11.4 Å². The third-order valence-electron chi connectivity index (χ3n) is 5.64. The first-order valence-electron chi connectivity index (χ1n) is 11.2. The molecule has 11 heteroatoms. The van der Waals surface area contributed by atoms with E-state index >= 15 is 0 Å². The van der Waals surface area contributed by atoms with Gasteiger partial charge >= 0.3 is 0 Å². The lowest BCUT2D eigenvalue weighted by atomic mass is 10.1. The number of rotatable bonds is 8. The number of para-hydroxylation sites is 1. The summed E-state index contributed by atoms with van der Waals surface area (Å²) in [6, 6.07) is 16.4. The number of carbonyl (C=O) groups is 1. The highest BCUT2D eigenvalue weighted by Crippen LogP contribution is 2.36. The van der Waals surface area contributed by atoms with Crippen molar-refractivity contribution in [2.45, 2.75) is 18.7 Å². The lowest BCUT2D eigenvalue weighted by Crippen LogP contribution is -2.35. The molecule has 10 nitrogen and oxygen atoms in total. The molecule has 0 saturated carbocycles. The summed E-state index contributed by atoms with van der Waals surface area (Å²) in [7, 11) is -1.39. The average molecular weight is 523 g/mol. The first-order valence-corrected chi connectivity index (χ1v) is 12.7. The van der Waals surface area contributed by atoms with Gasteiger partial charge in [0.1, 0.15) is 6.54 Å². The van der Waals surface area contributed by atoms with Crippen LogP contribution in [0.3, 0.4) is 0 Å². The van der Waals surface area contributed by atoms with Crippen molar-refractivity contribution in [3.05, 3.63) is 71.8 Å². The van der Waals surface area contributed by atoms with Crippen LogP contribution in [-0.2, 0) is 14.8 Å². The van der Waals surface area contributed by atoms with Crippen LogP contribution in [0.2, 0.25) is 0 Å². The number of aromatic hydroxyl groups is 1. The fourth-order valence-corrected chi connectivity index (χ4v) is 5.40. The zero-order chi connectivity index (χ0) is 26.7. The molecule has 2 N–H and O–H groups in total. The number of nitrogens with zero attached hydrogens (tertiary/aromatic N) is 3. The van der Waals surface area contributed by atoms with Gasteiger partial charge < -0.3 is 19.6 Å². The Morgan fingerprint density at radius 3 is 2.32 bits per heavy atom. The van der Waals surface area contributed by atoms with E-state index in [4.69, 9.17) is 9.47 Å². The summed E-state index contributed by atoms with van der Waals surface area (Å²) in [5, 5.41) is 18.4. The highest BCUT2D eigenvalue weighted by atomic mass is 32.2. The molecule has 192 valence electrons. The predicted molar refractivity (Wildman–Crippen MR) is 139 cm³/mol. The SMILES string of the molecule is COc1ccc(S(=O)(=O)N(CC(=O)N=Nc2c(O)[nH]c3ccccc23)c2cc(C)cc(C)c2)cc1OC. The van der Waals surface area contributed by atoms with E-state index in [1.165, 1.54) is 32.4 Å². The third-order valence-corrected chi connectivity index (χ3v) is 7.41. The Morgan fingerprint density at radius 2 is 1.65 bits per heavy atom. The standard InChI is InChI=1S/C26H26N4O6S/c1-16-11-17(2)13-18(12-16)30(37(33,34)19-9-10-22(35-3)23(14-19)36-4)15-24(31)28-29-25-20-7-5-6-8-21(20)27-26(25)32/h5-14,27,32H,15H2,1-4H3. The normalized spacial score (nSPS) is 11.7. The number of benzene rings is 3. The molecular weight excluding hydrogens is 496 g/mol. The largest absolute Gasteiger partial charge is 0.493 e. The summed E-state index contributed by atoms with van der Waals surface area (Å²) >= 11 is 0. The number of sulfonamides is 1. The minimum absolute atomic E-state index is 0.0876. The lowest BCUT2D eigenvalue weighted by Gasteiger charge is -2.24. The monoisotopic (exact) mass is 522 g/mol. The molecule has 4 rings (SSSR count). The van der Waals surface area contributed by atoms with Crippen molar-refractivity contribution < 1.29 is 27.8 Å². The number of aromatic nitrogens is 1. The number of carbonyl (C=O) groups excluding carboxylic acids is 1. The van der Waals surface area contributed by atoms with Gasteiger partial charge in [0.05, 0.1) is 30.3 Å². The number of aryl methyl sites for hydroxylation is 2. The van der Waals surface area contributed by atoms with Gasteiger partial charge in [-0.2, -0.15) is 0 Å². The van der Waals surface area contributed by atoms with E-state index in [0.29, 0.717) is 22.3 Å². The Hall–Kier alpha value is -4.38. The van der Waals surface area contributed by atoms with E-state index in [2.05, 4.69) is 15.2 Å². The quantitative estimate of drug-likeness (QED) is 0.312. The van der Waals surface area contributed by atoms with Gasteiger partial charge in [0, 0.05) is 11.5 Å². The number of H-pyrrole nitrogens is 1. The predicted octanol–water partition coefficient (Wildman–Crippen LogP) is 5.01. The van der Waals surface area contributed by atoms with Crippen LogP contribution in [0, 0.1) is 13.8 Å². The van der Waals surface area contributed by atoms with Gasteiger partial charge in [0.25, 0.3) is 15.9 Å². The highest BCUT2D eigenvalue weighted by Gasteiger charge is 2.29. The average Bonchev–Trinajstić information content (AvgIpc) is 3.19. The molecule has 0 saturated heterocycles. The number of anilines is 1. The van der Waals surface area contributed by atoms with Crippen LogP contribution < -0.4 is 13.8 Å². The lowest BCUT2D eigenvalue weighted by molar-refractivity contribution is -0.116. The van der Waals surface area contributed by atoms with Gasteiger partial charge in [-0.3, -0.25) is 9.10 Å². The molecule has 0 atom stereocenters. The third kappa shape index (κ3) is 5.26. The zero-order valence-electron chi connectivity index (χ0n) is 20.7. The number of nitrogens with one attached hydrogen (secondary N) is 1. The van der Waals surface area contributed by atoms with E-state index in [-0.39, 0.29) is 22.2 Å². The molecule has 0 aliphatic carbocycles. The van der Waals surface area contributed by atoms with Crippen molar-refractivity contribution in [1.82, 2.24) is 4.98 Å². The summed E-state index contributed by atoms with van der Waals surface area (Å²) in [6.07, 6.45) is 0. The van der Waals surface area contributed by atoms with Gasteiger partial charge in [-0.25, -0.2) is 8.42 Å². The highest BCUT2D eigenvalue weighted by molar-refractivity contribution is 7.92. The fraction of sp³-hybridized carbons (Fsp3) is 0.192. The maximum atomic E-state index is 13.8. The summed E-state index contributed by atoms with van der Waals surface area (Å²) in [6.45, 7) is 3.05. The first-order chi connectivity index (χ1) is 17.6. The Kier molecular flexibility index (Phi) is 7.16. The van der Waals surface area contributed by atoms with E-state index in [9.17, 15) is 18.3 Å². The number of amides is 1. The number of hydrogen-bond acceptors (Lipinski definition) is 7. The van der Waals surface area contributed by atoms with Crippen molar-refractivity contribution in [2.24, 2.45) is 10.2 Å². The van der Waals surface area contributed by atoms with Crippen molar-refractivity contribution >= 4 is 38.2 Å². The molecule has 0 unspecified atom stereocenters. The maximum Gasteiger partial charge on any atom is 0.285 e. The fourth-order valence-electron chi connectivity index (χ4n) is 3.99. The van der Waals surface area contributed by atoms with Crippen LogP contribution in [-0.4, -0.2) is 45.2 Å². The van der Waals surface area contributed by atoms with E-state index < -0.39 is 22.5 Å². The number of aromatic amines is 1. The van der Waals surface area contributed by atoms with Crippen molar-refractivity contribution in [2.75, 3.05) is 25.1 Å². The molecule has 0 fully saturated rings. The molecule has 0 spiro atoms. The second kappa shape index (κ2) is 10.3. The molecular formula is C26H26N4O6S. The molecule has 1 heterocycles. The Balaban J connectivity index is 1.73. The van der Waals surface area contributed by atoms with Crippen LogP contribution in [0.25, 0.3) is 10.9 Å². The first kappa shape index (κ1) is 25.7. The van der Waals surface area contributed by atoms with E-state index in [1.807, 2.05) is 19.9 Å². The Labute approximate surface area is 214 Å². The molecule has 0 aliphatic heterocycles. The molecule has 3 aromatic carbocycles. The van der Waals surface area contributed by atoms with Gasteiger partial charge in [-0.15, -0.1) is 10.2 Å². The van der Waals surface area contributed by atoms with Gasteiger partial charge in [-0.05, 0) is 55.3 Å². The van der Waals surface area contributed by atoms with Crippen molar-refractivity contribution in [3.63, 3.8) is 0 Å². The number of azo groups is 1. The van der Waals surface area contributed by atoms with Crippen LogP contribution in [0.5, 0.6) is 17.4 Å². The summed E-state index contributed by atoms with van der Waals surface area (Å²) in [4.78, 5) is 15.6. The summed E-state index contributed by atoms with van der Waals surface area (Å²) < 4.78 is 39.0. The summed E-state index contributed by atoms with van der Waals surface area (Å²) in [5.41, 5.74) is 2.64. The van der Waals surface area contributed by atoms with Crippen LogP contribution in [0.15, 0.2) is 75.8 Å². The Bertz CT molecular complexity index is 1590. The number of fused-ring (bicyclic) bond motifs is 1. The van der Waals surface area contributed by atoms with Crippen molar-refractivity contribution in [1.29, 1.82) is 0 Å². The smallest absolute Gasteiger partial charge is 0.285 e. The minimum atomic E-state index is -4.24. The van der Waals surface area contributed by atoms with Crippen LogP contribution in [0.1, 0.15) is 11.1 Å². The molecule has 1 amide bonds. The minimum Gasteiger partial charge on any atom is -0.493 e. The number of hydrogen-bond donors (Lipinski definition) is 2. The number of methoxy groups -OCH3 is 2.